The number of halogens is 1. The highest BCUT2D eigenvalue weighted by Crippen LogP contribution is 2.24. The molecule has 0 aliphatic carbocycles. The number of benzene rings is 1. The van der Waals surface area contributed by atoms with Crippen LogP contribution < -0.4 is 4.74 Å². The van der Waals surface area contributed by atoms with Crippen LogP contribution in [0.2, 0.25) is 5.02 Å². The summed E-state index contributed by atoms with van der Waals surface area (Å²) >= 11 is 5.73. The molecule has 0 aliphatic heterocycles. The standard InChI is InChI=1S/C14H12ClNO4/c15-12-8-16-13(7-11(12)14(18)19)20-10-3-1-9(2-4-10)5-6-17/h1-4,7-8,17H,5-6H2,(H,18,19). The minimum Gasteiger partial charge on any atom is -0.478 e. The summed E-state index contributed by atoms with van der Waals surface area (Å²) in [6.07, 6.45) is 1.81. The number of aromatic nitrogens is 1. The van der Waals surface area contributed by atoms with Gasteiger partial charge >= 0.3 is 5.97 Å². The monoisotopic (exact) mass is 293 g/mol. The minimum atomic E-state index is -1.14. The second kappa shape index (κ2) is 6.36. The molecular weight excluding hydrogens is 282 g/mol. The van der Waals surface area contributed by atoms with Gasteiger partial charge in [-0.3, -0.25) is 0 Å². The van der Waals surface area contributed by atoms with Crippen LogP contribution >= 0.6 is 11.6 Å². The van der Waals surface area contributed by atoms with Crippen LogP contribution in [-0.2, 0) is 6.42 Å². The fourth-order valence-electron chi connectivity index (χ4n) is 1.61. The number of rotatable bonds is 5. The van der Waals surface area contributed by atoms with E-state index < -0.39 is 5.97 Å². The molecule has 0 amide bonds. The maximum atomic E-state index is 11.0. The van der Waals surface area contributed by atoms with Gasteiger partial charge in [0.25, 0.3) is 0 Å². The van der Waals surface area contributed by atoms with E-state index in [-0.39, 0.29) is 23.1 Å². The van der Waals surface area contributed by atoms with E-state index in [1.54, 1.807) is 12.1 Å². The molecule has 1 heterocycles. The molecule has 104 valence electrons. The normalized spacial score (nSPS) is 10.3. The SMILES string of the molecule is O=C(O)c1cc(Oc2ccc(CCO)cc2)ncc1Cl. The van der Waals surface area contributed by atoms with Gasteiger partial charge in [0.05, 0.1) is 16.8 Å². The molecule has 5 nitrogen and oxygen atoms in total. The van der Waals surface area contributed by atoms with E-state index in [0.29, 0.717) is 12.2 Å². The number of pyridine rings is 1. The van der Waals surface area contributed by atoms with E-state index in [2.05, 4.69) is 4.98 Å². The molecule has 1 aromatic carbocycles. The Hall–Kier alpha value is -2.11. The van der Waals surface area contributed by atoms with Crippen molar-refractivity contribution in [3.63, 3.8) is 0 Å². The van der Waals surface area contributed by atoms with Gasteiger partial charge in [-0.1, -0.05) is 23.7 Å². The van der Waals surface area contributed by atoms with Crippen LogP contribution in [0.25, 0.3) is 0 Å². The lowest BCUT2D eigenvalue weighted by atomic mass is 10.1. The number of aliphatic hydroxyl groups is 1. The number of carboxylic acids is 1. The first kappa shape index (κ1) is 14.3. The Morgan fingerprint density at radius 1 is 1.30 bits per heavy atom. The minimum absolute atomic E-state index is 0.0585. The number of hydrogen-bond acceptors (Lipinski definition) is 4. The summed E-state index contributed by atoms with van der Waals surface area (Å²) in [7, 11) is 0. The van der Waals surface area contributed by atoms with Gasteiger partial charge in [0, 0.05) is 12.7 Å². The predicted molar refractivity (Wildman–Crippen MR) is 73.5 cm³/mol. The first-order valence-corrected chi connectivity index (χ1v) is 6.24. The second-order valence-corrected chi connectivity index (χ2v) is 4.43. The Balaban J connectivity index is 2.17. The van der Waals surface area contributed by atoms with Gasteiger partial charge < -0.3 is 14.9 Å². The largest absolute Gasteiger partial charge is 0.478 e. The summed E-state index contributed by atoms with van der Waals surface area (Å²) in [5.41, 5.74) is 0.920. The average molecular weight is 294 g/mol. The number of nitrogens with zero attached hydrogens (tertiary/aromatic N) is 1. The quantitative estimate of drug-likeness (QED) is 0.886. The molecule has 0 fully saturated rings. The molecule has 0 unspecified atom stereocenters. The topological polar surface area (TPSA) is 79.7 Å². The van der Waals surface area contributed by atoms with E-state index in [0.717, 1.165) is 5.56 Å². The molecular formula is C14H12ClNO4. The summed E-state index contributed by atoms with van der Waals surface area (Å²) in [5, 5.41) is 17.8. The Morgan fingerprint density at radius 2 is 2.00 bits per heavy atom. The third kappa shape index (κ3) is 3.46. The van der Waals surface area contributed by atoms with Crippen LogP contribution in [0.15, 0.2) is 36.5 Å². The van der Waals surface area contributed by atoms with Crippen molar-refractivity contribution in [1.29, 1.82) is 0 Å². The maximum Gasteiger partial charge on any atom is 0.337 e. The zero-order chi connectivity index (χ0) is 14.5. The molecule has 0 saturated carbocycles. The van der Waals surface area contributed by atoms with Crippen molar-refractivity contribution in [2.45, 2.75) is 6.42 Å². The van der Waals surface area contributed by atoms with Crippen molar-refractivity contribution < 1.29 is 19.7 Å². The van der Waals surface area contributed by atoms with Crippen LogP contribution in [0.1, 0.15) is 15.9 Å². The first-order chi connectivity index (χ1) is 9.60. The van der Waals surface area contributed by atoms with Crippen molar-refractivity contribution in [3.05, 3.63) is 52.7 Å². The van der Waals surface area contributed by atoms with E-state index in [9.17, 15) is 4.79 Å². The van der Waals surface area contributed by atoms with Gasteiger partial charge in [0.1, 0.15) is 5.75 Å². The van der Waals surface area contributed by atoms with Crippen LogP contribution in [0, 0.1) is 0 Å². The summed E-state index contributed by atoms with van der Waals surface area (Å²) in [4.78, 5) is 14.9. The Labute approximate surface area is 120 Å². The predicted octanol–water partition coefficient (Wildman–Crippen LogP) is 2.76. The molecule has 2 rings (SSSR count). The first-order valence-electron chi connectivity index (χ1n) is 5.86. The molecule has 0 aliphatic rings. The smallest absolute Gasteiger partial charge is 0.337 e. The van der Waals surface area contributed by atoms with E-state index in [1.807, 2.05) is 12.1 Å². The Kier molecular flexibility index (Phi) is 4.55. The molecule has 0 saturated heterocycles. The number of aromatic carboxylic acids is 1. The van der Waals surface area contributed by atoms with Gasteiger partial charge in [0.2, 0.25) is 5.88 Å². The van der Waals surface area contributed by atoms with Gasteiger partial charge in [-0.25, -0.2) is 9.78 Å². The van der Waals surface area contributed by atoms with Crippen molar-refractivity contribution in [3.8, 4) is 11.6 Å². The zero-order valence-corrected chi connectivity index (χ0v) is 11.2. The Morgan fingerprint density at radius 3 is 2.60 bits per heavy atom. The van der Waals surface area contributed by atoms with Gasteiger partial charge in [0.15, 0.2) is 0 Å². The zero-order valence-electron chi connectivity index (χ0n) is 10.4. The van der Waals surface area contributed by atoms with E-state index >= 15 is 0 Å². The highest BCUT2D eigenvalue weighted by Gasteiger charge is 2.11. The summed E-state index contributed by atoms with van der Waals surface area (Å²) < 4.78 is 5.46. The maximum absolute atomic E-state index is 11.0. The third-order valence-corrected chi connectivity index (χ3v) is 2.91. The number of ether oxygens (including phenoxy) is 1. The van der Waals surface area contributed by atoms with E-state index in [4.69, 9.17) is 26.6 Å². The van der Waals surface area contributed by atoms with Crippen LogP contribution in [0.3, 0.4) is 0 Å². The van der Waals surface area contributed by atoms with E-state index in [1.165, 1.54) is 12.3 Å². The van der Waals surface area contributed by atoms with Crippen molar-refractivity contribution in [2.24, 2.45) is 0 Å². The van der Waals surface area contributed by atoms with Gasteiger partial charge in [-0.2, -0.15) is 0 Å². The highest BCUT2D eigenvalue weighted by atomic mass is 35.5. The third-order valence-electron chi connectivity index (χ3n) is 2.61. The lowest BCUT2D eigenvalue weighted by molar-refractivity contribution is 0.0696. The number of aliphatic hydroxyl groups excluding tert-OH is 1. The molecule has 0 radical (unpaired) electrons. The average Bonchev–Trinajstić information content (AvgIpc) is 2.43. The summed E-state index contributed by atoms with van der Waals surface area (Å²) in [6.45, 7) is 0.0842. The molecule has 6 heteroatoms. The Bertz CT molecular complexity index is 613. The molecule has 2 aromatic rings. The van der Waals surface area contributed by atoms with Crippen molar-refractivity contribution >= 4 is 17.6 Å². The fourth-order valence-corrected chi connectivity index (χ4v) is 1.80. The molecule has 2 N–H and O–H groups in total. The molecule has 0 spiro atoms. The lowest BCUT2D eigenvalue weighted by Gasteiger charge is -2.07. The van der Waals surface area contributed by atoms with Gasteiger partial charge in [-0.15, -0.1) is 0 Å². The van der Waals surface area contributed by atoms with Crippen molar-refractivity contribution in [2.75, 3.05) is 6.61 Å². The molecule has 1 aromatic heterocycles. The molecule has 20 heavy (non-hydrogen) atoms. The molecule has 0 bridgehead atoms. The number of carbonyl (C=O) groups is 1. The summed E-state index contributed by atoms with van der Waals surface area (Å²) in [6, 6.07) is 8.36. The van der Waals surface area contributed by atoms with Crippen molar-refractivity contribution in [1.82, 2.24) is 4.98 Å². The summed E-state index contributed by atoms with van der Waals surface area (Å²) in [5.74, 6) is -0.458. The van der Waals surface area contributed by atoms with Crippen LogP contribution in [-0.4, -0.2) is 27.8 Å². The second-order valence-electron chi connectivity index (χ2n) is 4.03. The van der Waals surface area contributed by atoms with Crippen LogP contribution in [0.5, 0.6) is 11.6 Å². The van der Waals surface area contributed by atoms with Crippen LogP contribution in [0.4, 0.5) is 0 Å². The molecule has 0 atom stereocenters. The lowest BCUT2D eigenvalue weighted by Crippen LogP contribution is -1.99. The number of hydrogen-bond donors (Lipinski definition) is 2. The highest BCUT2D eigenvalue weighted by molar-refractivity contribution is 6.33. The van der Waals surface area contributed by atoms with Gasteiger partial charge in [-0.05, 0) is 24.1 Å². The fraction of sp³-hybridized carbons (Fsp3) is 0.143. The number of carboxylic acid groups (broad SMARTS) is 1.